The number of rotatable bonds is 3. The van der Waals surface area contributed by atoms with Crippen molar-refractivity contribution in [3.63, 3.8) is 0 Å². The Morgan fingerprint density at radius 2 is 2.15 bits per heavy atom. The second-order valence-corrected chi connectivity index (χ2v) is 3.42. The normalized spacial score (nSPS) is 12.9. The summed E-state index contributed by atoms with van der Waals surface area (Å²) in [5, 5.41) is 0. The first-order valence-corrected chi connectivity index (χ1v) is 4.66. The minimum absolute atomic E-state index is 0.161. The fourth-order valence-electron chi connectivity index (χ4n) is 1.40. The van der Waals surface area contributed by atoms with Crippen LogP contribution in [0.15, 0.2) is 18.2 Å². The van der Waals surface area contributed by atoms with E-state index in [1.54, 1.807) is 6.07 Å². The minimum Gasteiger partial charge on any atom is -0.324 e. The van der Waals surface area contributed by atoms with Gasteiger partial charge in [-0.15, -0.1) is 0 Å². The van der Waals surface area contributed by atoms with E-state index in [1.807, 2.05) is 19.9 Å². The highest BCUT2D eigenvalue weighted by Crippen LogP contribution is 2.19. The number of benzene rings is 1. The van der Waals surface area contributed by atoms with Crippen molar-refractivity contribution in [1.82, 2.24) is 0 Å². The molecule has 0 fully saturated rings. The molecule has 0 aromatic heterocycles. The smallest absolute Gasteiger partial charge is 0.128 e. The maximum absolute atomic E-state index is 13.3. The molecule has 0 unspecified atom stereocenters. The van der Waals surface area contributed by atoms with Crippen molar-refractivity contribution in [2.24, 2.45) is 5.73 Å². The molecule has 0 radical (unpaired) electrons. The van der Waals surface area contributed by atoms with Crippen molar-refractivity contribution in [2.75, 3.05) is 0 Å². The van der Waals surface area contributed by atoms with Gasteiger partial charge in [0.25, 0.3) is 0 Å². The lowest BCUT2D eigenvalue weighted by molar-refractivity contribution is 0.559. The molecule has 0 aliphatic rings. The largest absolute Gasteiger partial charge is 0.324 e. The standard InChI is InChI=1S/C11H16FN/c1-3-4-11(13)9-6-5-8(2)7-10(9)12/h5-7,11H,3-4,13H2,1-2H3/t11-/m0/s1. The van der Waals surface area contributed by atoms with E-state index in [9.17, 15) is 4.39 Å². The maximum Gasteiger partial charge on any atom is 0.128 e. The minimum atomic E-state index is -0.180. The van der Waals surface area contributed by atoms with E-state index in [2.05, 4.69) is 0 Å². The highest BCUT2D eigenvalue weighted by molar-refractivity contribution is 5.25. The van der Waals surface area contributed by atoms with E-state index < -0.39 is 0 Å². The molecule has 1 atom stereocenters. The molecule has 0 aliphatic heterocycles. The Bertz CT molecular complexity index is 283. The molecule has 2 heteroatoms. The summed E-state index contributed by atoms with van der Waals surface area (Å²) in [5.41, 5.74) is 7.38. The van der Waals surface area contributed by atoms with Crippen LogP contribution in [0.25, 0.3) is 0 Å². The molecule has 13 heavy (non-hydrogen) atoms. The predicted octanol–water partition coefficient (Wildman–Crippen LogP) is 2.93. The van der Waals surface area contributed by atoms with Crippen LogP contribution in [0.4, 0.5) is 4.39 Å². The van der Waals surface area contributed by atoms with Gasteiger partial charge in [-0.1, -0.05) is 25.5 Å². The molecule has 0 heterocycles. The Labute approximate surface area is 78.8 Å². The molecule has 1 nitrogen and oxygen atoms in total. The van der Waals surface area contributed by atoms with Crippen LogP contribution in [-0.4, -0.2) is 0 Å². The number of hydrogen-bond donors (Lipinski definition) is 1. The highest BCUT2D eigenvalue weighted by Gasteiger charge is 2.09. The van der Waals surface area contributed by atoms with Gasteiger partial charge in [0.2, 0.25) is 0 Å². The fraction of sp³-hybridized carbons (Fsp3) is 0.455. The van der Waals surface area contributed by atoms with Crippen molar-refractivity contribution in [3.8, 4) is 0 Å². The number of nitrogens with two attached hydrogens (primary N) is 1. The Morgan fingerprint density at radius 3 is 2.69 bits per heavy atom. The van der Waals surface area contributed by atoms with Gasteiger partial charge in [-0.05, 0) is 25.0 Å². The topological polar surface area (TPSA) is 26.0 Å². The van der Waals surface area contributed by atoms with Gasteiger partial charge in [0.05, 0.1) is 0 Å². The van der Waals surface area contributed by atoms with Gasteiger partial charge < -0.3 is 5.73 Å². The molecular formula is C11H16FN. The van der Waals surface area contributed by atoms with Gasteiger partial charge in [-0.25, -0.2) is 4.39 Å². The molecule has 0 saturated heterocycles. The van der Waals surface area contributed by atoms with Crippen LogP contribution in [0.5, 0.6) is 0 Å². The summed E-state index contributed by atoms with van der Waals surface area (Å²) in [7, 11) is 0. The molecule has 1 aromatic rings. The number of halogens is 1. The lowest BCUT2D eigenvalue weighted by atomic mass is 10.0. The summed E-state index contributed by atoms with van der Waals surface area (Å²) < 4.78 is 13.3. The Kier molecular flexibility index (Phi) is 3.43. The number of aryl methyl sites for hydroxylation is 1. The van der Waals surface area contributed by atoms with Crippen molar-refractivity contribution in [3.05, 3.63) is 35.1 Å². The molecular weight excluding hydrogens is 165 g/mol. The third-order valence-corrected chi connectivity index (χ3v) is 2.16. The van der Waals surface area contributed by atoms with Crippen LogP contribution in [0.2, 0.25) is 0 Å². The Morgan fingerprint density at radius 1 is 1.46 bits per heavy atom. The second kappa shape index (κ2) is 4.38. The first-order valence-electron chi connectivity index (χ1n) is 4.66. The zero-order valence-corrected chi connectivity index (χ0v) is 8.18. The van der Waals surface area contributed by atoms with Crippen molar-refractivity contribution in [1.29, 1.82) is 0 Å². The van der Waals surface area contributed by atoms with Crippen molar-refractivity contribution in [2.45, 2.75) is 32.7 Å². The van der Waals surface area contributed by atoms with E-state index in [-0.39, 0.29) is 11.9 Å². The third kappa shape index (κ3) is 2.52. The molecule has 0 amide bonds. The monoisotopic (exact) mass is 181 g/mol. The van der Waals surface area contributed by atoms with Crippen LogP contribution in [0, 0.1) is 12.7 Å². The second-order valence-electron chi connectivity index (χ2n) is 3.42. The molecule has 1 rings (SSSR count). The van der Waals surface area contributed by atoms with Crippen LogP contribution in [0.1, 0.15) is 36.9 Å². The quantitative estimate of drug-likeness (QED) is 0.762. The zero-order valence-electron chi connectivity index (χ0n) is 8.18. The van der Waals surface area contributed by atoms with Gasteiger partial charge in [0.15, 0.2) is 0 Å². The molecule has 72 valence electrons. The Hall–Kier alpha value is -0.890. The third-order valence-electron chi connectivity index (χ3n) is 2.16. The summed E-state index contributed by atoms with van der Waals surface area (Å²) in [6.07, 6.45) is 1.81. The first-order chi connectivity index (χ1) is 6.15. The van der Waals surface area contributed by atoms with Crippen molar-refractivity contribution >= 4 is 0 Å². The SMILES string of the molecule is CCC[C@H](N)c1ccc(C)cc1F. The predicted molar refractivity (Wildman–Crippen MR) is 53.0 cm³/mol. The van der Waals surface area contributed by atoms with Gasteiger partial charge in [-0.3, -0.25) is 0 Å². The van der Waals surface area contributed by atoms with Crippen LogP contribution >= 0.6 is 0 Å². The highest BCUT2D eigenvalue weighted by atomic mass is 19.1. The van der Waals surface area contributed by atoms with Gasteiger partial charge in [0, 0.05) is 11.6 Å². The summed E-state index contributed by atoms with van der Waals surface area (Å²) in [6, 6.07) is 5.05. The van der Waals surface area contributed by atoms with E-state index in [0.717, 1.165) is 18.4 Å². The van der Waals surface area contributed by atoms with E-state index >= 15 is 0 Å². The van der Waals surface area contributed by atoms with E-state index in [0.29, 0.717) is 5.56 Å². The Balaban J connectivity index is 2.88. The van der Waals surface area contributed by atoms with Crippen LogP contribution < -0.4 is 5.73 Å². The van der Waals surface area contributed by atoms with Crippen LogP contribution in [-0.2, 0) is 0 Å². The average molecular weight is 181 g/mol. The lowest BCUT2D eigenvalue weighted by Gasteiger charge is -2.11. The van der Waals surface area contributed by atoms with Gasteiger partial charge >= 0.3 is 0 Å². The van der Waals surface area contributed by atoms with Gasteiger partial charge in [0.1, 0.15) is 5.82 Å². The molecule has 1 aromatic carbocycles. The van der Waals surface area contributed by atoms with Crippen molar-refractivity contribution < 1.29 is 4.39 Å². The maximum atomic E-state index is 13.3. The summed E-state index contributed by atoms with van der Waals surface area (Å²) >= 11 is 0. The average Bonchev–Trinajstić information content (AvgIpc) is 2.04. The van der Waals surface area contributed by atoms with E-state index in [4.69, 9.17) is 5.73 Å². The molecule has 0 saturated carbocycles. The van der Waals surface area contributed by atoms with Crippen LogP contribution in [0.3, 0.4) is 0 Å². The molecule has 0 aliphatic carbocycles. The summed E-state index contributed by atoms with van der Waals surface area (Å²) in [6.45, 7) is 3.92. The lowest BCUT2D eigenvalue weighted by Crippen LogP contribution is -2.11. The van der Waals surface area contributed by atoms with Gasteiger partial charge in [-0.2, -0.15) is 0 Å². The van der Waals surface area contributed by atoms with E-state index in [1.165, 1.54) is 6.07 Å². The number of hydrogen-bond acceptors (Lipinski definition) is 1. The summed E-state index contributed by atoms with van der Waals surface area (Å²) in [4.78, 5) is 0. The zero-order chi connectivity index (χ0) is 9.84. The molecule has 2 N–H and O–H groups in total. The fourth-order valence-corrected chi connectivity index (χ4v) is 1.40. The summed E-state index contributed by atoms with van der Waals surface area (Å²) in [5.74, 6) is -0.180. The molecule has 0 bridgehead atoms. The molecule has 0 spiro atoms. The first kappa shape index (κ1) is 10.2.